The van der Waals surface area contributed by atoms with Crippen LogP contribution in [-0.4, -0.2) is 129 Å². The minimum Gasteiger partial charge on any atom is -0.378 e. The molecule has 2 N–H and O–H groups in total. The van der Waals surface area contributed by atoms with Crippen LogP contribution in [0.5, 0.6) is 0 Å². The van der Waals surface area contributed by atoms with Crippen molar-refractivity contribution < 1.29 is 47.8 Å². The summed E-state index contributed by atoms with van der Waals surface area (Å²) in [4.78, 5) is 65.7. The Labute approximate surface area is 263 Å². The zero-order valence-corrected chi connectivity index (χ0v) is 26.6. The number of imide groups is 1. The highest BCUT2D eigenvalue weighted by Crippen LogP contribution is 2.37. The Bertz CT molecular complexity index is 926. The zero-order chi connectivity index (χ0) is 31.6. The van der Waals surface area contributed by atoms with Gasteiger partial charge in [-0.15, -0.1) is 5.06 Å². The Hall–Kier alpha value is -2.46. The zero-order valence-electron chi connectivity index (χ0n) is 25.8. The second-order valence-corrected chi connectivity index (χ2v) is 12.1. The highest BCUT2D eigenvalue weighted by molar-refractivity contribution is 8.00. The molecule has 0 aromatic heterocycles. The number of ether oxygens (including phenoxy) is 4. The largest absolute Gasteiger partial charge is 0.378 e. The third-order valence-electron chi connectivity index (χ3n) is 7.44. The van der Waals surface area contributed by atoms with E-state index >= 15 is 0 Å². The highest BCUT2D eigenvalue weighted by Gasteiger charge is 2.47. The van der Waals surface area contributed by atoms with Gasteiger partial charge in [0.2, 0.25) is 5.91 Å². The van der Waals surface area contributed by atoms with Gasteiger partial charge in [0.25, 0.3) is 11.8 Å². The maximum absolute atomic E-state index is 12.3. The van der Waals surface area contributed by atoms with Crippen molar-refractivity contribution in [2.75, 3.05) is 71.7 Å². The van der Waals surface area contributed by atoms with Gasteiger partial charge in [-0.3, -0.25) is 14.4 Å². The van der Waals surface area contributed by atoms with Gasteiger partial charge in [0.15, 0.2) is 0 Å². The number of carbonyl (C=O) groups excluding carboxylic acids is 5. The Morgan fingerprint density at radius 1 is 0.864 bits per heavy atom. The van der Waals surface area contributed by atoms with Crippen LogP contribution < -0.4 is 10.6 Å². The fourth-order valence-corrected chi connectivity index (χ4v) is 6.75. The van der Waals surface area contributed by atoms with Crippen LogP contribution in [0, 0.1) is 0 Å². The number of hydrogen-bond acceptors (Lipinski definition) is 11. The molecule has 250 valence electrons. The minimum atomic E-state index is -0.702. The van der Waals surface area contributed by atoms with Crippen molar-refractivity contribution in [2.45, 2.75) is 82.0 Å². The van der Waals surface area contributed by atoms with Gasteiger partial charge >= 0.3 is 12.0 Å². The molecule has 0 aromatic rings. The van der Waals surface area contributed by atoms with E-state index in [9.17, 15) is 24.0 Å². The number of nitrogens with zero attached hydrogens (tertiary/aromatic N) is 2. The van der Waals surface area contributed by atoms with E-state index in [4.69, 9.17) is 23.8 Å². The molecule has 3 fully saturated rings. The van der Waals surface area contributed by atoms with Gasteiger partial charge in [0.1, 0.15) is 0 Å². The SMILES string of the molecule is CCCCN1C(=O)NC2CS[C@@H](CCCCC(=O)NCCOCCOCCOCCOCCC(=O)ON3C(=O)CCC3=O)C21. The van der Waals surface area contributed by atoms with E-state index in [2.05, 4.69) is 17.6 Å². The molecule has 3 heterocycles. The fraction of sp³-hybridized carbons (Fsp3) is 0.828. The molecule has 0 spiro atoms. The summed E-state index contributed by atoms with van der Waals surface area (Å²) in [6, 6.07) is 0.615. The molecule has 0 saturated carbocycles. The van der Waals surface area contributed by atoms with Crippen molar-refractivity contribution in [1.29, 1.82) is 0 Å². The number of hydrogen-bond donors (Lipinski definition) is 2. The summed E-state index contributed by atoms with van der Waals surface area (Å²) >= 11 is 1.94. The first-order valence-electron chi connectivity index (χ1n) is 15.7. The van der Waals surface area contributed by atoms with E-state index in [-0.39, 0.29) is 56.5 Å². The first kappa shape index (κ1) is 36.0. The molecule has 3 rings (SSSR count). The number of nitrogens with one attached hydrogen (secondary N) is 2. The van der Waals surface area contributed by atoms with Gasteiger partial charge in [0, 0.05) is 43.4 Å². The van der Waals surface area contributed by atoms with Gasteiger partial charge in [-0.2, -0.15) is 11.8 Å². The van der Waals surface area contributed by atoms with Crippen LogP contribution in [0.1, 0.15) is 64.7 Å². The lowest BCUT2D eigenvalue weighted by Crippen LogP contribution is -2.41. The van der Waals surface area contributed by atoms with Crippen LogP contribution in [0.15, 0.2) is 0 Å². The smallest absolute Gasteiger partial charge is 0.335 e. The van der Waals surface area contributed by atoms with Crippen LogP contribution in [0.4, 0.5) is 4.79 Å². The molecule has 0 aliphatic carbocycles. The average molecular weight is 645 g/mol. The number of carbonyl (C=O) groups is 5. The predicted octanol–water partition coefficient (Wildman–Crippen LogP) is 1.40. The molecule has 14 nitrogen and oxygen atoms in total. The normalized spacial score (nSPS) is 21.2. The van der Waals surface area contributed by atoms with Gasteiger partial charge in [-0.25, -0.2) is 9.59 Å². The number of rotatable bonds is 24. The molecule has 5 amide bonds. The third kappa shape index (κ3) is 12.5. The number of amides is 5. The van der Waals surface area contributed by atoms with E-state index in [1.165, 1.54) is 0 Å². The molecular formula is C29H48N4O10S. The molecule has 3 aliphatic heterocycles. The molecule has 0 aromatic carbocycles. The quantitative estimate of drug-likeness (QED) is 0.0888. The summed E-state index contributed by atoms with van der Waals surface area (Å²) in [5, 5.41) is 6.98. The van der Waals surface area contributed by atoms with Crippen LogP contribution in [0.3, 0.4) is 0 Å². The van der Waals surface area contributed by atoms with E-state index in [1.807, 2.05) is 16.7 Å². The van der Waals surface area contributed by atoms with Crippen molar-refractivity contribution in [3.63, 3.8) is 0 Å². The van der Waals surface area contributed by atoms with Gasteiger partial charge < -0.3 is 39.3 Å². The molecule has 2 unspecified atom stereocenters. The standard InChI is InChI=1S/C29H48N4O10S/c1-2-3-12-32-28-22(31-29(32)38)21-44-23(28)6-4-5-7-24(34)30-11-14-40-16-18-42-20-19-41-17-15-39-13-10-27(37)43-33-25(35)8-9-26(33)36/h22-23,28H,2-21H2,1H3,(H,30,34)(H,31,38)/t22?,23-,28?/m0/s1. The maximum atomic E-state index is 12.3. The molecular weight excluding hydrogens is 596 g/mol. The van der Waals surface area contributed by atoms with E-state index in [0.29, 0.717) is 62.9 Å². The third-order valence-corrected chi connectivity index (χ3v) is 8.94. The minimum absolute atomic E-state index is 0.0280. The highest BCUT2D eigenvalue weighted by atomic mass is 32.2. The van der Waals surface area contributed by atoms with Crippen molar-refractivity contribution in [1.82, 2.24) is 20.6 Å². The summed E-state index contributed by atoms with van der Waals surface area (Å²) in [5.74, 6) is -0.727. The van der Waals surface area contributed by atoms with Crippen LogP contribution >= 0.6 is 11.8 Å². The second kappa shape index (κ2) is 20.5. The Balaban J connectivity index is 1.04. The lowest BCUT2D eigenvalue weighted by atomic mass is 10.0. The Morgan fingerprint density at radius 3 is 2.16 bits per heavy atom. The molecule has 3 atom stereocenters. The molecule has 15 heteroatoms. The first-order valence-corrected chi connectivity index (χ1v) is 16.8. The average Bonchev–Trinajstić information content (AvgIpc) is 3.65. The lowest BCUT2D eigenvalue weighted by Gasteiger charge is -2.27. The van der Waals surface area contributed by atoms with Crippen molar-refractivity contribution >= 4 is 41.5 Å². The fourth-order valence-electron chi connectivity index (χ4n) is 5.14. The lowest BCUT2D eigenvalue weighted by molar-refractivity contribution is -0.198. The summed E-state index contributed by atoms with van der Waals surface area (Å²) in [7, 11) is 0. The summed E-state index contributed by atoms with van der Waals surface area (Å²) < 4.78 is 21.6. The first-order chi connectivity index (χ1) is 21.4. The molecule has 3 saturated heterocycles. The van der Waals surface area contributed by atoms with Crippen molar-refractivity contribution in [2.24, 2.45) is 0 Å². The van der Waals surface area contributed by atoms with Crippen molar-refractivity contribution in [3.8, 4) is 0 Å². The van der Waals surface area contributed by atoms with Crippen LogP contribution in [-0.2, 0) is 43.0 Å². The van der Waals surface area contributed by atoms with Crippen LogP contribution in [0.2, 0.25) is 0 Å². The van der Waals surface area contributed by atoms with E-state index in [1.54, 1.807) is 0 Å². The summed E-state index contributed by atoms with van der Waals surface area (Å²) in [6.45, 7) is 6.14. The number of unbranched alkanes of at least 4 members (excludes halogenated alkanes) is 2. The van der Waals surface area contributed by atoms with Crippen molar-refractivity contribution in [3.05, 3.63) is 0 Å². The Morgan fingerprint density at radius 2 is 1.50 bits per heavy atom. The molecule has 0 radical (unpaired) electrons. The van der Waals surface area contributed by atoms with E-state index in [0.717, 1.165) is 44.4 Å². The number of urea groups is 1. The monoisotopic (exact) mass is 644 g/mol. The van der Waals surface area contributed by atoms with Gasteiger partial charge in [-0.05, 0) is 19.3 Å². The van der Waals surface area contributed by atoms with Gasteiger partial charge in [0.05, 0.1) is 71.4 Å². The maximum Gasteiger partial charge on any atom is 0.335 e. The molecule has 44 heavy (non-hydrogen) atoms. The number of fused-ring (bicyclic) bond motifs is 1. The second-order valence-electron chi connectivity index (χ2n) is 10.8. The molecule has 3 aliphatic rings. The molecule has 0 bridgehead atoms. The number of hydroxylamine groups is 2. The van der Waals surface area contributed by atoms with E-state index < -0.39 is 17.8 Å². The predicted molar refractivity (Wildman–Crippen MR) is 161 cm³/mol. The van der Waals surface area contributed by atoms with Gasteiger partial charge in [-0.1, -0.05) is 19.8 Å². The van der Waals surface area contributed by atoms with Crippen LogP contribution in [0.25, 0.3) is 0 Å². The number of thioether (sulfide) groups is 1. The topological polar surface area (TPSA) is 162 Å². The summed E-state index contributed by atoms with van der Waals surface area (Å²) in [6.07, 6.45) is 5.45. The summed E-state index contributed by atoms with van der Waals surface area (Å²) in [5.41, 5.74) is 0. The Kier molecular flexibility index (Phi) is 16.8.